The molecule has 0 spiro atoms. The standard InChI is InChI=1S/C25H23Cl2NO6S/c1-4-21(29)28-24-22(25(31)33-5-2)23(30)20(35-24)11-14-6-9-18(19(10-14)32-3)34-13-15-7-8-16(26)12-17(15)27/h6-12,30H,4-5,13H2,1-3H3/b20-11-,28-24?. The number of carbonyl (C=O) groups excluding carboxylic acids is 2. The number of hydrogen-bond donors (Lipinski definition) is 1. The maximum atomic E-state index is 12.4. The molecule has 1 aliphatic heterocycles. The van der Waals surface area contributed by atoms with Crippen molar-refractivity contribution < 1.29 is 28.9 Å². The van der Waals surface area contributed by atoms with E-state index in [0.717, 1.165) is 17.3 Å². The lowest BCUT2D eigenvalue weighted by Gasteiger charge is -2.12. The maximum Gasteiger partial charge on any atom is 0.344 e. The molecule has 0 atom stereocenters. The number of ether oxygens (including phenoxy) is 3. The number of aliphatic hydroxyl groups is 1. The number of halogens is 2. The van der Waals surface area contributed by atoms with Gasteiger partial charge >= 0.3 is 5.97 Å². The van der Waals surface area contributed by atoms with Crippen LogP contribution in [0.4, 0.5) is 0 Å². The summed E-state index contributed by atoms with van der Waals surface area (Å²) in [4.78, 5) is 28.5. The second-order valence-corrected chi connectivity index (χ2v) is 9.03. The van der Waals surface area contributed by atoms with Crippen LogP contribution in [0.5, 0.6) is 11.5 Å². The van der Waals surface area contributed by atoms with E-state index in [1.165, 1.54) is 7.11 Å². The highest BCUT2D eigenvalue weighted by Crippen LogP contribution is 2.40. The van der Waals surface area contributed by atoms with Crippen molar-refractivity contribution in [2.45, 2.75) is 26.9 Å². The molecule has 0 aromatic heterocycles. The Kier molecular flexibility index (Phi) is 9.26. The average molecular weight is 536 g/mol. The van der Waals surface area contributed by atoms with E-state index in [-0.39, 0.29) is 36.0 Å². The van der Waals surface area contributed by atoms with E-state index >= 15 is 0 Å². The number of methoxy groups -OCH3 is 1. The van der Waals surface area contributed by atoms with Crippen molar-refractivity contribution in [3.05, 3.63) is 73.8 Å². The fourth-order valence-electron chi connectivity index (χ4n) is 3.02. The van der Waals surface area contributed by atoms with Gasteiger partial charge in [0.25, 0.3) is 0 Å². The molecule has 0 saturated heterocycles. The Morgan fingerprint density at radius 1 is 1.11 bits per heavy atom. The second-order valence-electron chi connectivity index (χ2n) is 7.15. The van der Waals surface area contributed by atoms with Crippen LogP contribution in [-0.2, 0) is 20.9 Å². The number of esters is 1. The Morgan fingerprint density at radius 2 is 1.89 bits per heavy atom. The Bertz CT molecular complexity index is 1240. The number of rotatable bonds is 8. The molecule has 1 heterocycles. The lowest BCUT2D eigenvalue weighted by Crippen LogP contribution is -2.14. The van der Waals surface area contributed by atoms with Gasteiger partial charge in [0.2, 0.25) is 5.91 Å². The highest BCUT2D eigenvalue weighted by atomic mass is 35.5. The van der Waals surface area contributed by atoms with E-state index < -0.39 is 11.9 Å². The minimum Gasteiger partial charge on any atom is -0.506 e. The molecule has 0 bridgehead atoms. The summed E-state index contributed by atoms with van der Waals surface area (Å²) in [6, 6.07) is 10.4. The van der Waals surface area contributed by atoms with Crippen molar-refractivity contribution in [3.8, 4) is 11.5 Å². The van der Waals surface area contributed by atoms with Crippen LogP contribution in [0.3, 0.4) is 0 Å². The van der Waals surface area contributed by atoms with Crippen molar-refractivity contribution in [2.75, 3.05) is 13.7 Å². The van der Waals surface area contributed by atoms with Crippen molar-refractivity contribution in [2.24, 2.45) is 4.99 Å². The zero-order valence-corrected chi connectivity index (χ0v) is 21.6. The van der Waals surface area contributed by atoms with E-state index in [1.807, 2.05) is 0 Å². The molecule has 1 amide bonds. The fraction of sp³-hybridized carbons (Fsp3) is 0.240. The summed E-state index contributed by atoms with van der Waals surface area (Å²) in [5.41, 5.74) is 1.30. The molecule has 1 aliphatic rings. The zero-order valence-electron chi connectivity index (χ0n) is 19.3. The Balaban J connectivity index is 1.88. The van der Waals surface area contributed by atoms with Crippen LogP contribution in [0.2, 0.25) is 10.0 Å². The quantitative estimate of drug-likeness (QED) is 0.392. The molecule has 2 aromatic rings. The summed E-state index contributed by atoms with van der Waals surface area (Å²) in [6.45, 7) is 3.64. The number of nitrogens with zero attached hydrogens (tertiary/aromatic N) is 1. The topological polar surface area (TPSA) is 94.4 Å². The van der Waals surface area contributed by atoms with Crippen LogP contribution in [-0.4, -0.2) is 35.7 Å². The van der Waals surface area contributed by atoms with Crippen LogP contribution >= 0.6 is 35.0 Å². The predicted molar refractivity (Wildman–Crippen MR) is 138 cm³/mol. The lowest BCUT2D eigenvalue weighted by atomic mass is 10.1. The predicted octanol–water partition coefficient (Wildman–Crippen LogP) is 6.38. The molecule has 0 aliphatic carbocycles. The first-order valence-corrected chi connectivity index (χ1v) is 12.2. The molecule has 0 saturated carbocycles. The van der Waals surface area contributed by atoms with Gasteiger partial charge in [0, 0.05) is 22.0 Å². The molecule has 0 fully saturated rings. The molecule has 35 heavy (non-hydrogen) atoms. The van der Waals surface area contributed by atoms with Gasteiger partial charge in [-0.25, -0.2) is 9.79 Å². The third-order valence-corrected chi connectivity index (χ3v) is 6.39. The monoisotopic (exact) mass is 535 g/mol. The van der Waals surface area contributed by atoms with Gasteiger partial charge < -0.3 is 19.3 Å². The van der Waals surface area contributed by atoms with E-state index in [0.29, 0.717) is 32.0 Å². The van der Waals surface area contributed by atoms with Crippen molar-refractivity contribution >= 4 is 58.0 Å². The molecule has 0 radical (unpaired) electrons. The Morgan fingerprint density at radius 3 is 2.54 bits per heavy atom. The fourth-order valence-corrected chi connectivity index (χ4v) is 4.52. The van der Waals surface area contributed by atoms with Crippen LogP contribution in [0.1, 0.15) is 31.4 Å². The molecule has 184 valence electrons. The van der Waals surface area contributed by atoms with E-state index in [9.17, 15) is 14.7 Å². The van der Waals surface area contributed by atoms with Gasteiger partial charge in [0.05, 0.1) is 18.6 Å². The minimum atomic E-state index is -0.745. The first-order valence-electron chi connectivity index (χ1n) is 10.6. The molecule has 10 heteroatoms. The van der Waals surface area contributed by atoms with Crippen LogP contribution in [0.25, 0.3) is 6.08 Å². The highest BCUT2D eigenvalue weighted by molar-refractivity contribution is 8.18. The summed E-state index contributed by atoms with van der Waals surface area (Å²) >= 11 is 13.2. The molecule has 7 nitrogen and oxygen atoms in total. The highest BCUT2D eigenvalue weighted by Gasteiger charge is 2.33. The van der Waals surface area contributed by atoms with E-state index in [4.69, 9.17) is 37.4 Å². The van der Waals surface area contributed by atoms with Crippen LogP contribution in [0.15, 0.2) is 57.6 Å². The Labute approximate surface area is 217 Å². The minimum absolute atomic E-state index is 0.103. The molecular weight excluding hydrogens is 513 g/mol. The van der Waals surface area contributed by atoms with E-state index in [2.05, 4.69) is 4.99 Å². The number of thioether (sulfide) groups is 1. The van der Waals surface area contributed by atoms with Gasteiger partial charge in [-0.2, -0.15) is 0 Å². The van der Waals surface area contributed by atoms with Gasteiger partial charge in [-0.3, -0.25) is 4.79 Å². The summed E-state index contributed by atoms with van der Waals surface area (Å²) in [6.07, 6.45) is 1.82. The summed E-state index contributed by atoms with van der Waals surface area (Å²) < 4.78 is 16.4. The average Bonchev–Trinajstić information content (AvgIpc) is 3.13. The lowest BCUT2D eigenvalue weighted by molar-refractivity contribution is -0.138. The zero-order chi connectivity index (χ0) is 25.5. The molecule has 2 aromatic carbocycles. The van der Waals surface area contributed by atoms with Gasteiger partial charge in [-0.05, 0) is 42.8 Å². The van der Waals surface area contributed by atoms with Gasteiger partial charge in [-0.1, -0.05) is 54.0 Å². The van der Waals surface area contributed by atoms with Crippen molar-refractivity contribution in [1.82, 2.24) is 0 Å². The summed E-state index contributed by atoms with van der Waals surface area (Å²) in [5.74, 6) is -0.509. The number of carbonyl (C=O) groups is 2. The van der Waals surface area contributed by atoms with Crippen LogP contribution < -0.4 is 9.47 Å². The van der Waals surface area contributed by atoms with Gasteiger partial charge in [-0.15, -0.1) is 0 Å². The number of aliphatic imine (C=N–C) groups is 1. The molecular formula is C25H23Cl2NO6S. The molecule has 1 N–H and O–H groups in total. The number of benzene rings is 2. The van der Waals surface area contributed by atoms with Gasteiger partial charge in [0.15, 0.2) is 11.5 Å². The Hall–Kier alpha value is -2.94. The third-order valence-electron chi connectivity index (χ3n) is 4.78. The summed E-state index contributed by atoms with van der Waals surface area (Å²) in [5, 5.41) is 11.9. The maximum absolute atomic E-state index is 12.4. The first kappa shape index (κ1) is 26.7. The smallest absolute Gasteiger partial charge is 0.344 e. The van der Waals surface area contributed by atoms with Crippen LogP contribution in [0, 0.1) is 0 Å². The number of amides is 1. The molecule has 3 rings (SSSR count). The number of hydrogen-bond acceptors (Lipinski definition) is 7. The van der Waals surface area contributed by atoms with Gasteiger partial charge in [0.1, 0.15) is 23.0 Å². The van der Waals surface area contributed by atoms with E-state index in [1.54, 1.807) is 56.3 Å². The number of aliphatic hydroxyl groups excluding tert-OH is 1. The molecule has 0 unspecified atom stereocenters. The van der Waals surface area contributed by atoms with Crippen molar-refractivity contribution in [1.29, 1.82) is 0 Å². The second kappa shape index (κ2) is 12.2. The first-order chi connectivity index (χ1) is 16.8. The normalized spacial score (nSPS) is 15.6. The largest absolute Gasteiger partial charge is 0.506 e. The third kappa shape index (κ3) is 6.60. The SMILES string of the molecule is CCOC(=O)C1=C(O)/C(=C/c2ccc(OCc3ccc(Cl)cc3Cl)c(OC)c2)SC1=NC(=O)CC. The van der Waals surface area contributed by atoms with Crippen molar-refractivity contribution in [3.63, 3.8) is 0 Å². The summed E-state index contributed by atoms with van der Waals surface area (Å²) in [7, 11) is 1.51.